The van der Waals surface area contributed by atoms with Gasteiger partial charge in [0.15, 0.2) is 11.6 Å². The van der Waals surface area contributed by atoms with E-state index in [2.05, 4.69) is 29.5 Å². The molecule has 0 aromatic heterocycles. The molecule has 0 unspecified atom stereocenters. The quantitative estimate of drug-likeness (QED) is 0.156. The first-order chi connectivity index (χ1) is 19.1. The van der Waals surface area contributed by atoms with Crippen LogP contribution in [0.4, 0.5) is 10.1 Å². The molecular formula is C33H48BrFN2O2S. The summed E-state index contributed by atoms with van der Waals surface area (Å²) < 4.78 is 20.3. The molecule has 40 heavy (non-hydrogen) atoms. The number of benzene rings is 2. The summed E-state index contributed by atoms with van der Waals surface area (Å²) in [5, 5.41) is 5.17. The van der Waals surface area contributed by atoms with E-state index in [4.69, 9.17) is 4.74 Å². The van der Waals surface area contributed by atoms with E-state index >= 15 is 0 Å². The highest BCUT2D eigenvalue weighted by atomic mass is 79.9. The molecule has 1 N–H and O–H groups in total. The lowest BCUT2D eigenvalue weighted by Gasteiger charge is -2.21. The van der Waals surface area contributed by atoms with Gasteiger partial charge in [-0.1, -0.05) is 102 Å². The van der Waals surface area contributed by atoms with Crippen LogP contribution in [-0.2, 0) is 17.8 Å². The van der Waals surface area contributed by atoms with Gasteiger partial charge in [-0.25, -0.2) is 4.39 Å². The van der Waals surface area contributed by atoms with Crippen molar-refractivity contribution >= 4 is 40.3 Å². The Morgan fingerprint density at radius 2 is 1.60 bits per heavy atom. The zero-order chi connectivity index (χ0) is 27.7. The van der Waals surface area contributed by atoms with Crippen LogP contribution >= 0.6 is 28.7 Å². The first-order valence-electron chi connectivity index (χ1n) is 14.9. The third-order valence-corrected chi connectivity index (χ3v) is 8.22. The van der Waals surface area contributed by atoms with Crippen LogP contribution in [0.25, 0.3) is 0 Å². The molecule has 0 saturated carbocycles. The predicted molar refractivity (Wildman–Crippen MR) is 174 cm³/mol. The minimum Gasteiger partial charge on any atom is -0.491 e. The maximum Gasteiger partial charge on any atom is 0.228 e. The van der Waals surface area contributed by atoms with Crippen molar-refractivity contribution in [3.8, 4) is 5.75 Å². The van der Waals surface area contributed by atoms with Gasteiger partial charge in [-0.2, -0.15) is 0 Å². The topological polar surface area (TPSA) is 41.6 Å². The smallest absolute Gasteiger partial charge is 0.228 e. The Labute approximate surface area is 256 Å². The molecule has 1 amide bonds. The number of hydrogen-bond acceptors (Lipinski definition) is 4. The predicted octanol–water partition coefficient (Wildman–Crippen LogP) is 10.0. The molecule has 1 aliphatic rings. The normalized spacial score (nSPS) is 12.7. The van der Waals surface area contributed by atoms with Crippen LogP contribution in [0.3, 0.4) is 0 Å². The molecule has 0 atom stereocenters. The fourth-order valence-electron chi connectivity index (χ4n) is 4.86. The van der Waals surface area contributed by atoms with Gasteiger partial charge in [-0.3, -0.25) is 4.79 Å². The molecular weight excluding hydrogens is 587 g/mol. The number of unbranched alkanes of at least 4 members (excludes halogenated alkanes) is 11. The second kappa shape index (κ2) is 20.0. The highest BCUT2D eigenvalue weighted by Gasteiger charge is 2.15. The summed E-state index contributed by atoms with van der Waals surface area (Å²) in [4.78, 5) is 15.0. The standard InChI is InChI=1S/C33H47FN2O2S.BrH/c1-3-4-5-6-7-8-9-10-11-12-13-16-21-38-32-20-19-28(22-30(32)34)23-33(37)35-31-18-15-14-17-29(31)24-36-26-39-25-27(36)2;/h14-15,17-20,22,25H,3-13,16,21,23-24,26H2,1-2H3,(H,35,37);1H. The number of ether oxygens (including phenoxy) is 1. The Bertz CT molecular complexity index is 1050. The largest absolute Gasteiger partial charge is 0.491 e. The van der Waals surface area contributed by atoms with Gasteiger partial charge in [0, 0.05) is 17.9 Å². The van der Waals surface area contributed by atoms with Crippen LogP contribution in [0.5, 0.6) is 5.75 Å². The second-order valence-corrected chi connectivity index (χ2v) is 11.5. The molecule has 0 fully saturated rings. The zero-order valence-electron chi connectivity index (χ0n) is 24.4. The lowest BCUT2D eigenvalue weighted by atomic mass is 10.1. The first kappa shape index (κ1) is 34.2. The van der Waals surface area contributed by atoms with Crippen molar-refractivity contribution in [2.75, 3.05) is 17.8 Å². The number of allylic oxidation sites excluding steroid dienone is 1. The minimum absolute atomic E-state index is 0. The Balaban J connectivity index is 0.00000560. The number of anilines is 1. The fourth-order valence-corrected chi connectivity index (χ4v) is 5.80. The van der Waals surface area contributed by atoms with E-state index in [1.54, 1.807) is 23.9 Å². The van der Waals surface area contributed by atoms with Crippen LogP contribution in [0.1, 0.15) is 102 Å². The average Bonchev–Trinajstić information content (AvgIpc) is 3.33. The maximum atomic E-state index is 14.6. The number of halogens is 2. The Morgan fingerprint density at radius 1 is 0.950 bits per heavy atom. The number of nitrogens with one attached hydrogen (secondary N) is 1. The molecule has 0 bridgehead atoms. The van der Waals surface area contributed by atoms with Crippen molar-refractivity contribution in [1.82, 2.24) is 4.90 Å². The molecule has 1 aliphatic heterocycles. The molecule has 2 aromatic rings. The van der Waals surface area contributed by atoms with Gasteiger partial charge < -0.3 is 15.0 Å². The van der Waals surface area contributed by atoms with Crippen molar-refractivity contribution in [2.24, 2.45) is 0 Å². The molecule has 7 heteroatoms. The van der Waals surface area contributed by atoms with Crippen molar-refractivity contribution in [3.63, 3.8) is 0 Å². The summed E-state index contributed by atoms with van der Waals surface area (Å²) in [5.74, 6) is 0.615. The van der Waals surface area contributed by atoms with Gasteiger partial charge >= 0.3 is 0 Å². The van der Waals surface area contributed by atoms with Crippen molar-refractivity contribution in [3.05, 3.63) is 70.5 Å². The molecule has 0 aliphatic carbocycles. The summed E-state index contributed by atoms with van der Waals surface area (Å²) in [6.07, 6.45) is 15.5. The Kier molecular flexibility index (Phi) is 17.1. The van der Waals surface area contributed by atoms with Gasteiger partial charge in [-0.15, -0.1) is 28.7 Å². The SMILES string of the molecule is Br.CCCCCCCCCCCCCCOc1ccc(CC(=O)Nc2ccccc2CN2CSC=C2C)cc1F. The number of hydrogen-bond donors (Lipinski definition) is 1. The van der Waals surface area contributed by atoms with E-state index in [0.717, 1.165) is 36.5 Å². The maximum absolute atomic E-state index is 14.6. The number of nitrogens with zero attached hydrogens (tertiary/aromatic N) is 1. The third-order valence-electron chi connectivity index (χ3n) is 7.25. The van der Waals surface area contributed by atoms with Gasteiger partial charge in [0.1, 0.15) is 0 Å². The Hall–Kier alpha value is -1.99. The van der Waals surface area contributed by atoms with E-state index in [-0.39, 0.29) is 35.1 Å². The first-order valence-corrected chi connectivity index (χ1v) is 15.9. The van der Waals surface area contributed by atoms with Gasteiger partial charge in [0.05, 0.1) is 18.9 Å². The molecule has 0 radical (unpaired) electrons. The molecule has 222 valence electrons. The van der Waals surface area contributed by atoms with Crippen molar-refractivity contribution in [1.29, 1.82) is 0 Å². The number of thioether (sulfide) groups is 1. The van der Waals surface area contributed by atoms with E-state index in [1.165, 1.54) is 76.0 Å². The van der Waals surface area contributed by atoms with E-state index < -0.39 is 5.82 Å². The second-order valence-electron chi connectivity index (χ2n) is 10.6. The molecule has 4 nitrogen and oxygen atoms in total. The molecule has 1 heterocycles. The summed E-state index contributed by atoms with van der Waals surface area (Å²) in [6.45, 7) is 5.62. The number of para-hydroxylation sites is 1. The molecule has 3 rings (SSSR count). The van der Waals surface area contributed by atoms with Gasteiger partial charge in [-0.05, 0) is 48.1 Å². The van der Waals surface area contributed by atoms with E-state index in [0.29, 0.717) is 12.2 Å². The summed E-state index contributed by atoms with van der Waals surface area (Å²) in [7, 11) is 0. The minimum atomic E-state index is -0.409. The molecule has 2 aromatic carbocycles. The van der Waals surface area contributed by atoms with Crippen LogP contribution < -0.4 is 10.1 Å². The van der Waals surface area contributed by atoms with E-state index in [9.17, 15) is 9.18 Å². The molecule has 0 saturated heterocycles. The van der Waals surface area contributed by atoms with Crippen LogP contribution in [0, 0.1) is 5.82 Å². The van der Waals surface area contributed by atoms with Gasteiger partial charge in [0.2, 0.25) is 5.91 Å². The van der Waals surface area contributed by atoms with Crippen LogP contribution in [-0.4, -0.2) is 23.3 Å². The fraction of sp³-hybridized carbons (Fsp3) is 0.545. The van der Waals surface area contributed by atoms with Gasteiger partial charge in [0.25, 0.3) is 0 Å². The average molecular weight is 636 g/mol. The number of carbonyl (C=O) groups is 1. The number of rotatable bonds is 19. The number of amides is 1. The number of carbonyl (C=O) groups excluding carboxylic acids is 1. The van der Waals surface area contributed by atoms with Crippen LogP contribution in [0.2, 0.25) is 0 Å². The molecule has 0 spiro atoms. The van der Waals surface area contributed by atoms with E-state index in [1.807, 2.05) is 24.3 Å². The highest BCUT2D eigenvalue weighted by Crippen LogP contribution is 2.27. The van der Waals surface area contributed by atoms with Crippen LogP contribution in [0.15, 0.2) is 53.6 Å². The zero-order valence-corrected chi connectivity index (χ0v) is 26.9. The monoisotopic (exact) mass is 634 g/mol. The summed E-state index contributed by atoms with van der Waals surface area (Å²) >= 11 is 1.78. The van der Waals surface area contributed by atoms with Crippen molar-refractivity contribution in [2.45, 2.75) is 104 Å². The summed E-state index contributed by atoms with van der Waals surface area (Å²) in [6, 6.07) is 12.7. The Morgan fingerprint density at radius 3 is 2.23 bits per heavy atom. The third kappa shape index (κ3) is 12.7. The summed E-state index contributed by atoms with van der Waals surface area (Å²) in [5.41, 5.74) is 3.73. The lowest BCUT2D eigenvalue weighted by Crippen LogP contribution is -2.20. The highest BCUT2D eigenvalue weighted by molar-refractivity contribution is 8.93. The lowest BCUT2D eigenvalue weighted by molar-refractivity contribution is -0.115. The van der Waals surface area contributed by atoms with Crippen molar-refractivity contribution < 1.29 is 13.9 Å².